The molecule has 1 aromatic heterocycles. The molecular formula is C15H13FN2O3. The first kappa shape index (κ1) is 13.7. The molecule has 2 aromatic rings. The maximum absolute atomic E-state index is 13.0. The standard InChI is InChI=1S/C15H13FN2O3/c16-13-9-10(4-5-17-13)14(19)18-12-3-1-2-11(8-12)15-20-6-7-21-15/h1-5,8-9,15H,6-7H2,(H,18,19). The summed E-state index contributed by atoms with van der Waals surface area (Å²) in [4.78, 5) is 15.4. The van der Waals surface area contributed by atoms with E-state index in [0.717, 1.165) is 11.6 Å². The van der Waals surface area contributed by atoms with Crippen LogP contribution in [0.3, 0.4) is 0 Å². The molecule has 1 amide bonds. The highest BCUT2D eigenvalue weighted by Gasteiger charge is 2.18. The van der Waals surface area contributed by atoms with Crippen molar-refractivity contribution in [3.8, 4) is 0 Å². The first-order valence-electron chi connectivity index (χ1n) is 6.48. The van der Waals surface area contributed by atoms with Crippen LogP contribution in [0.25, 0.3) is 0 Å². The van der Waals surface area contributed by atoms with E-state index >= 15 is 0 Å². The average Bonchev–Trinajstić information content (AvgIpc) is 3.02. The highest BCUT2D eigenvalue weighted by Crippen LogP contribution is 2.25. The Morgan fingerprint density at radius 2 is 2.05 bits per heavy atom. The van der Waals surface area contributed by atoms with Gasteiger partial charge in [-0.15, -0.1) is 0 Å². The Kier molecular flexibility index (Phi) is 3.89. The van der Waals surface area contributed by atoms with Crippen molar-refractivity contribution in [3.63, 3.8) is 0 Å². The number of amides is 1. The summed E-state index contributed by atoms with van der Waals surface area (Å²) in [5.41, 5.74) is 1.63. The van der Waals surface area contributed by atoms with Gasteiger partial charge in [-0.25, -0.2) is 4.98 Å². The molecule has 1 aliphatic rings. The van der Waals surface area contributed by atoms with Gasteiger partial charge in [0, 0.05) is 29.1 Å². The van der Waals surface area contributed by atoms with Gasteiger partial charge in [0.1, 0.15) is 0 Å². The van der Waals surface area contributed by atoms with Crippen LogP contribution in [-0.2, 0) is 9.47 Å². The monoisotopic (exact) mass is 288 g/mol. The average molecular weight is 288 g/mol. The molecule has 21 heavy (non-hydrogen) atoms. The first-order chi connectivity index (χ1) is 10.2. The summed E-state index contributed by atoms with van der Waals surface area (Å²) in [5, 5.41) is 2.70. The van der Waals surface area contributed by atoms with Gasteiger partial charge in [-0.1, -0.05) is 12.1 Å². The summed E-state index contributed by atoms with van der Waals surface area (Å²) >= 11 is 0. The molecule has 6 heteroatoms. The SMILES string of the molecule is O=C(Nc1cccc(C2OCCO2)c1)c1ccnc(F)c1. The van der Waals surface area contributed by atoms with Crippen molar-refractivity contribution >= 4 is 11.6 Å². The van der Waals surface area contributed by atoms with Crippen LogP contribution in [0.1, 0.15) is 22.2 Å². The Hall–Kier alpha value is -2.31. The number of nitrogens with zero attached hydrogens (tertiary/aromatic N) is 1. The molecule has 5 nitrogen and oxygen atoms in total. The maximum atomic E-state index is 13.0. The van der Waals surface area contributed by atoms with E-state index in [1.54, 1.807) is 18.2 Å². The molecule has 1 fully saturated rings. The maximum Gasteiger partial charge on any atom is 0.255 e. The number of rotatable bonds is 3. The van der Waals surface area contributed by atoms with Crippen LogP contribution in [0, 0.1) is 5.95 Å². The lowest BCUT2D eigenvalue weighted by molar-refractivity contribution is -0.0440. The largest absolute Gasteiger partial charge is 0.346 e. The molecular weight excluding hydrogens is 275 g/mol. The van der Waals surface area contributed by atoms with Gasteiger partial charge in [0.05, 0.1) is 13.2 Å². The molecule has 3 rings (SSSR count). The molecule has 1 N–H and O–H groups in total. The molecule has 0 aliphatic carbocycles. The lowest BCUT2D eigenvalue weighted by Gasteiger charge is -2.11. The van der Waals surface area contributed by atoms with Crippen LogP contribution in [0.2, 0.25) is 0 Å². The minimum Gasteiger partial charge on any atom is -0.346 e. The summed E-state index contributed by atoms with van der Waals surface area (Å²) in [7, 11) is 0. The summed E-state index contributed by atoms with van der Waals surface area (Å²) in [5.74, 6) is -1.09. The molecule has 0 bridgehead atoms. The van der Waals surface area contributed by atoms with Crippen LogP contribution >= 0.6 is 0 Å². The minimum absolute atomic E-state index is 0.210. The molecule has 0 spiro atoms. The molecule has 1 aliphatic heterocycles. The number of ether oxygens (including phenoxy) is 2. The third kappa shape index (κ3) is 3.24. The molecule has 0 saturated carbocycles. The van der Waals surface area contributed by atoms with Gasteiger partial charge in [-0.05, 0) is 18.2 Å². The van der Waals surface area contributed by atoms with E-state index in [2.05, 4.69) is 10.3 Å². The van der Waals surface area contributed by atoms with Crippen molar-refractivity contribution in [1.29, 1.82) is 0 Å². The van der Waals surface area contributed by atoms with Gasteiger partial charge in [-0.3, -0.25) is 4.79 Å². The zero-order chi connectivity index (χ0) is 14.7. The van der Waals surface area contributed by atoms with Crippen LogP contribution in [0.4, 0.5) is 10.1 Å². The molecule has 0 atom stereocenters. The van der Waals surface area contributed by atoms with Crippen molar-refractivity contribution in [3.05, 3.63) is 59.7 Å². The summed E-state index contributed by atoms with van der Waals surface area (Å²) in [6, 6.07) is 9.70. The Morgan fingerprint density at radius 3 is 2.81 bits per heavy atom. The number of aromatic nitrogens is 1. The Labute approximate surface area is 120 Å². The molecule has 2 heterocycles. The number of benzene rings is 1. The number of nitrogens with one attached hydrogen (secondary N) is 1. The second-order valence-corrected chi connectivity index (χ2v) is 4.52. The van der Waals surface area contributed by atoms with Crippen molar-refractivity contribution in [2.45, 2.75) is 6.29 Å². The molecule has 0 radical (unpaired) electrons. The lowest BCUT2D eigenvalue weighted by atomic mass is 10.2. The van der Waals surface area contributed by atoms with E-state index in [9.17, 15) is 9.18 Å². The highest BCUT2D eigenvalue weighted by atomic mass is 19.1. The number of anilines is 1. The van der Waals surface area contributed by atoms with Gasteiger partial charge >= 0.3 is 0 Å². The van der Waals surface area contributed by atoms with Gasteiger partial charge in [0.25, 0.3) is 5.91 Å². The van der Waals surface area contributed by atoms with E-state index in [4.69, 9.17) is 9.47 Å². The van der Waals surface area contributed by atoms with Crippen LogP contribution in [-0.4, -0.2) is 24.1 Å². The predicted molar refractivity (Wildman–Crippen MR) is 73.2 cm³/mol. The second kappa shape index (κ2) is 5.99. The van der Waals surface area contributed by atoms with Crippen molar-refractivity contribution in [2.24, 2.45) is 0 Å². The van der Waals surface area contributed by atoms with E-state index in [1.807, 2.05) is 6.07 Å². The van der Waals surface area contributed by atoms with Crippen molar-refractivity contribution in [1.82, 2.24) is 4.98 Å². The summed E-state index contributed by atoms with van der Waals surface area (Å²) in [6.07, 6.45) is 0.848. The Bertz CT molecular complexity index is 657. The molecule has 108 valence electrons. The Balaban J connectivity index is 1.75. The fourth-order valence-corrected chi connectivity index (χ4v) is 2.06. The normalized spacial score (nSPS) is 15.1. The van der Waals surface area contributed by atoms with E-state index in [1.165, 1.54) is 12.3 Å². The summed E-state index contributed by atoms with van der Waals surface area (Å²) in [6.45, 7) is 1.11. The number of pyridine rings is 1. The highest BCUT2D eigenvalue weighted by molar-refractivity contribution is 6.04. The fourth-order valence-electron chi connectivity index (χ4n) is 2.06. The van der Waals surface area contributed by atoms with E-state index in [-0.39, 0.29) is 5.56 Å². The smallest absolute Gasteiger partial charge is 0.255 e. The molecule has 0 unspecified atom stereocenters. The third-order valence-electron chi connectivity index (χ3n) is 3.03. The molecule has 1 saturated heterocycles. The number of halogens is 1. The fraction of sp³-hybridized carbons (Fsp3) is 0.200. The van der Waals surface area contributed by atoms with Crippen LogP contribution in [0.15, 0.2) is 42.6 Å². The number of carbonyl (C=O) groups is 1. The second-order valence-electron chi connectivity index (χ2n) is 4.52. The third-order valence-corrected chi connectivity index (χ3v) is 3.03. The lowest BCUT2D eigenvalue weighted by Crippen LogP contribution is -2.12. The predicted octanol–water partition coefficient (Wildman–Crippen LogP) is 2.52. The van der Waals surface area contributed by atoms with Crippen molar-refractivity contribution in [2.75, 3.05) is 18.5 Å². The van der Waals surface area contributed by atoms with E-state index < -0.39 is 18.1 Å². The van der Waals surface area contributed by atoms with Gasteiger partial charge in [0.15, 0.2) is 6.29 Å². The summed E-state index contributed by atoms with van der Waals surface area (Å²) < 4.78 is 23.8. The van der Waals surface area contributed by atoms with Gasteiger partial charge < -0.3 is 14.8 Å². The number of carbonyl (C=O) groups excluding carboxylic acids is 1. The zero-order valence-corrected chi connectivity index (χ0v) is 11.1. The van der Waals surface area contributed by atoms with E-state index in [0.29, 0.717) is 18.9 Å². The van der Waals surface area contributed by atoms with Crippen molar-refractivity contribution < 1.29 is 18.7 Å². The van der Waals surface area contributed by atoms with Crippen LogP contribution < -0.4 is 5.32 Å². The van der Waals surface area contributed by atoms with Gasteiger partial charge in [0.2, 0.25) is 5.95 Å². The number of hydrogen-bond acceptors (Lipinski definition) is 4. The Morgan fingerprint density at radius 1 is 1.24 bits per heavy atom. The first-order valence-corrected chi connectivity index (χ1v) is 6.48. The quantitative estimate of drug-likeness (QED) is 0.882. The topological polar surface area (TPSA) is 60.5 Å². The van der Waals surface area contributed by atoms with Crippen LogP contribution in [0.5, 0.6) is 0 Å². The number of hydrogen-bond donors (Lipinski definition) is 1. The zero-order valence-electron chi connectivity index (χ0n) is 11.1. The van der Waals surface area contributed by atoms with Gasteiger partial charge in [-0.2, -0.15) is 4.39 Å². The minimum atomic E-state index is -0.691. The molecule has 1 aromatic carbocycles.